The van der Waals surface area contributed by atoms with Crippen molar-refractivity contribution in [3.63, 3.8) is 0 Å². The van der Waals surface area contributed by atoms with Gasteiger partial charge in [0.2, 0.25) is 0 Å². The number of phenols is 2. The molecule has 6 nitrogen and oxygen atoms in total. The van der Waals surface area contributed by atoms with Gasteiger partial charge in [-0.25, -0.2) is 4.79 Å². The number of carboxylic acids is 1. The van der Waals surface area contributed by atoms with Crippen LogP contribution in [0.5, 0.6) is 11.5 Å². The number of hydrogen-bond acceptors (Lipinski definition) is 5. The molecule has 2 rings (SSSR count). The lowest BCUT2D eigenvalue weighted by molar-refractivity contribution is -0.145. The maximum atomic E-state index is 11.5. The molecule has 3 N–H and O–H groups in total. The van der Waals surface area contributed by atoms with Crippen molar-refractivity contribution >= 4 is 11.9 Å². The van der Waals surface area contributed by atoms with Crippen LogP contribution in [0, 0.1) is 11.8 Å². The van der Waals surface area contributed by atoms with Gasteiger partial charge in [-0.3, -0.25) is 4.79 Å². The molecule has 0 heterocycles. The first-order valence-electron chi connectivity index (χ1n) is 11.1. The molecule has 30 heavy (non-hydrogen) atoms. The Bertz CT molecular complexity index is 757. The topological polar surface area (TPSA) is 104 Å². The van der Waals surface area contributed by atoms with Gasteiger partial charge < -0.3 is 20.1 Å². The van der Waals surface area contributed by atoms with Gasteiger partial charge in [0.1, 0.15) is 5.56 Å². The summed E-state index contributed by atoms with van der Waals surface area (Å²) in [7, 11) is 0. The highest BCUT2D eigenvalue weighted by Crippen LogP contribution is 2.50. The van der Waals surface area contributed by atoms with Crippen molar-refractivity contribution in [2.24, 2.45) is 11.8 Å². The molecule has 0 unspecified atom stereocenters. The predicted molar refractivity (Wildman–Crippen MR) is 115 cm³/mol. The van der Waals surface area contributed by atoms with Crippen LogP contribution in [0.25, 0.3) is 0 Å². The zero-order chi connectivity index (χ0) is 22.4. The summed E-state index contributed by atoms with van der Waals surface area (Å²) in [6.07, 6.45) is 6.00. The van der Waals surface area contributed by atoms with E-state index in [1.54, 1.807) is 6.07 Å². The molecule has 6 heteroatoms. The van der Waals surface area contributed by atoms with E-state index in [0.717, 1.165) is 44.1 Å². The third-order valence-electron chi connectivity index (χ3n) is 6.40. The average molecular weight is 421 g/mol. The number of aromatic carboxylic acids is 1. The highest BCUT2D eigenvalue weighted by Gasteiger charge is 2.33. The molecular weight excluding hydrogens is 384 g/mol. The summed E-state index contributed by atoms with van der Waals surface area (Å²) in [5, 5.41) is 30.0. The number of hydrogen-bond donors (Lipinski definition) is 3. The van der Waals surface area contributed by atoms with Gasteiger partial charge in [0, 0.05) is 12.0 Å². The SMILES string of the molecule is CCCC(=O)OC[C@H](C)CCC[C@H](C)[C@@H]1CC[C@@H](C)c2c1cc(C(=O)O)c(O)c2O. The average Bonchev–Trinajstić information content (AvgIpc) is 2.68. The van der Waals surface area contributed by atoms with Crippen LogP contribution in [-0.4, -0.2) is 33.9 Å². The van der Waals surface area contributed by atoms with E-state index >= 15 is 0 Å². The van der Waals surface area contributed by atoms with Crippen LogP contribution in [0.1, 0.15) is 106 Å². The molecule has 4 atom stereocenters. The van der Waals surface area contributed by atoms with Crippen LogP contribution in [-0.2, 0) is 9.53 Å². The molecular formula is C24H36O6. The van der Waals surface area contributed by atoms with E-state index in [1.807, 2.05) is 13.8 Å². The fourth-order valence-electron chi connectivity index (χ4n) is 4.59. The highest BCUT2D eigenvalue weighted by molar-refractivity contribution is 5.92. The van der Waals surface area contributed by atoms with Gasteiger partial charge in [0.25, 0.3) is 0 Å². The monoisotopic (exact) mass is 420 g/mol. The number of benzene rings is 1. The summed E-state index contributed by atoms with van der Waals surface area (Å²) in [5.74, 6) is -1.34. The quantitative estimate of drug-likeness (QED) is 0.338. The van der Waals surface area contributed by atoms with E-state index in [9.17, 15) is 24.9 Å². The van der Waals surface area contributed by atoms with Gasteiger partial charge in [0.15, 0.2) is 11.5 Å². The molecule has 1 aromatic rings. The van der Waals surface area contributed by atoms with Gasteiger partial charge in [-0.2, -0.15) is 0 Å². The lowest BCUT2D eigenvalue weighted by Gasteiger charge is -2.34. The molecule has 1 aliphatic carbocycles. The summed E-state index contributed by atoms with van der Waals surface area (Å²) < 4.78 is 5.29. The van der Waals surface area contributed by atoms with Crippen LogP contribution in [0.15, 0.2) is 6.07 Å². The molecule has 0 aromatic heterocycles. The van der Waals surface area contributed by atoms with E-state index in [1.165, 1.54) is 0 Å². The Kier molecular flexibility index (Phi) is 8.56. The fraction of sp³-hybridized carbons (Fsp3) is 0.667. The van der Waals surface area contributed by atoms with E-state index in [4.69, 9.17) is 4.74 Å². The van der Waals surface area contributed by atoms with Crippen molar-refractivity contribution in [1.29, 1.82) is 0 Å². The third-order valence-corrected chi connectivity index (χ3v) is 6.40. The lowest BCUT2D eigenvalue weighted by atomic mass is 9.70. The minimum absolute atomic E-state index is 0.0787. The number of carboxylic acid groups (broad SMARTS) is 1. The van der Waals surface area contributed by atoms with Crippen molar-refractivity contribution in [3.05, 3.63) is 22.8 Å². The van der Waals surface area contributed by atoms with Gasteiger partial charge in [0.05, 0.1) is 6.61 Å². The summed E-state index contributed by atoms with van der Waals surface area (Å²) in [6, 6.07) is 1.55. The smallest absolute Gasteiger partial charge is 0.339 e. The minimum atomic E-state index is -1.23. The molecule has 0 radical (unpaired) electrons. The number of rotatable bonds is 10. The normalized spacial score (nSPS) is 20.3. The number of ether oxygens (including phenoxy) is 1. The first kappa shape index (κ1) is 24.0. The molecule has 168 valence electrons. The van der Waals surface area contributed by atoms with E-state index < -0.39 is 11.7 Å². The predicted octanol–water partition coefficient (Wildman–Crippen LogP) is 5.56. The molecule has 0 fully saturated rings. The van der Waals surface area contributed by atoms with Gasteiger partial charge in [-0.05, 0) is 61.0 Å². The minimum Gasteiger partial charge on any atom is -0.504 e. The zero-order valence-corrected chi connectivity index (χ0v) is 18.6. The number of carbonyl (C=O) groups excluding carboxylic acids is 1. The standard InChI is InChI=1S/C24H36O6/c1-5-7-20(25)30-13-14(2)8-6-9-15(3)17-11-10-16(4)21-18(17)12-19(24(28)29)22(26)23(21)27/h12,14-17,26-27H,5-11,13H2,1-4H3,(H,28,29)/t14-,15+,16-,17+/m1/s1. The van der Waals surface area contributed by atoms with E-state index in [2.05, 4.69) is 13.8 Å². The van der Waals surface area contributed by atoms with Gasteiger partial charge in [-0.1, -0.05) is 40.5 Å². The lowest BCUT2D eigenvalue weighted by Crippen LogP contribution is -2.20. The number of carbonyl (C=O) groups is 2. The second-order valence-corrected chi connectivity index (χ2v) is 8.96. The molecule has 0 saturated heterocycles. The maximum absolute atomic E-state index is 11.5. The molecule has 1 aliphatic rings. The largest absolute Gasteiger partial charge is 0.504 e. The van der Waals surface area contributed by atoms with Crippen molar-refractivity contribution < 1.29 is 29.6 Å². The Morgan fingerprint density at radius 2 is 1.87 bits per heavy atom. The number of esters is 1. The van der Waals surface area contributed by atoms with Crippen LogP contribution in [0.2, 0.25) is 0 Å². The molecule has 0 amide bonds. The van der Waals surface area contributed by atoms with Crippen LogP contribution in [0.3, 0.4) is 0 Å². The van der Waals surface area contributed by atoms with Crippen molar-refractivity contribution in [2.45, 2.75) is 84.5 Å². The summed E-state index contributed by atoms with van der Waals surface area (Å²) in [5.41, 5.74) is 1.31. The number of fused-ring (bicyclic) bond motifs is 1. The van der Waals surface area contributed by atoms with Crippen LogP contribution < -0.4 is 0 Å². The highest BCUT2D eigenvalue weighted by atomic mass is 16.5. The first-order valence-corrected chi connectivity index (χ1v) is 11.1. The van der Waals surface area contributed by atoms with Crippen LogP contribution >= 0.6 is 0 Å². The van der Waals surface area contributed by atoms with E-state index in [-0.39, 0.29) is 29.1 Å². The fourth-order valence-corrected chi connectivity index (χ4v) is 4.59. The summed E-state index contributed by atoms with van der Waals surface area (Å²) in [6.45, 7) is 8.66. The Hall–Kier alpha value is -2.24. The Morgan fingerprint density at radius 1 is 1.17 bits per heavy atom. The molecule has 0 saturated carbocycles. The number of phenolic OH excluding ortho intramolecular Hbond substituents is 1. The van der Waals surface area contributed by atoms with Crippen molar-refractivity contribution in [3.8, 4) is 11.5 Å². The molecule has 0 spiro atoms. The Labute approximate surface area is 179 Å². The maximum Gasteiger partial charge on any atom is 0.339 e. The van der Waals surface area contributed by atoms with Crippen molar-refractivity contribution in [2.75, 3.05) is 6.61 Å². The van der Waals surface area contributed by atoms with Crippen molar-refractivity contribution in [1.82, 2.24) is 0 Å². The summed E-state index contributed by atoms with van der Waals surface area (Å²) >= 11 is 0. The second kappa shape index (κ2) is 10.7. The first-order chi connectivity index (χ1) is 14.2. The molecule has 0 bridgehead atoms. The summed E-state index contributed by atoms with van der Waals surface area (Å²) in [4.78, 5) is 23.0. The van der Waals surface area contributed by atoms with Gasteiger partial charge >= 0.3 is 11.9 Å². The molecule has 0 aliphatic heterocycles. The van der Waals surface area contributed by atoms with E-state index in [0.29, 0.717) is 30.4 Å². The Balaban J connectivity index is 2.02. The Morgan fingerprint density at radius 3 is 2.50 bits per heavy atom. The van der Waals surface area contributed by atoms with Crippen LogP contribution in [0.4, 0.5) is 0 Å². The number of aromatic hydroxyl groups is 2. The second-order valence-electron chi connectivity index (χ2n) is 8.96. The zero-order valence-electron chi connectivity index (χ0n) is 18.6. The molecule has 1 aromatic carbocycles. The third kappa shape index (κ3) is 5.67. The van der Waals surface area contributed by atoms with Gasteiger partial charge in [-0.15, -0.1) is 0 Å².